The van der Waals surface area contributed by atoms with Crippen molar-refractivity contribution >= 4 is 33.4 Å². The number of hydrogen-bond donors (Lipinski definition) is 2. The summed E-state index contributed by atoms with van der Waals surface area (Å²) in [4.78, 5) is 12.3. The van der Waals surface area contributed by atoms with E-state index in [4.69, 9.17) is 11.6 Å². The Kier molecular flexibility index (Phi) is 5.25. The van der Waals surface area contributed by atoms with Crippen molar-refractivity contribution in [3.8, 4) is 0 Å². The molecule has 1 aromatic carbocycles. The number of amides is 1. The molecule has 0 spiro atoms. The van der Waals surface area contributed by atoms with Gasteiger partial charge in [-0.15, -0.1) is 0 Å². The summed E-state index contributed by atoms with van der Waals surface area (Å²) >= 11 is 9.28. The second-order valence-corrected chi connectivity index (χ2v) is 6.22. The maximum Gasteiger partial charge on any atom is 0.252 e. The molecule has 0 aliphatic heterocycles. The van der Waals surface area contributed by atoms with Gasteiger partial charge in [0.15, 0.2) is 0 Å². The number of carbonyl (C=O) groups is 1. The highest BCUT2D eigenvalue weighted by Crippen LogP contribution is 2.26. The van der Waals surface area contributed by atoms with Crippen LogP contribution < -0.4 is 5.32 Å². The normalized spacial score (nSPS) is 23.1. The Bertz CT molecular complexity index is 467. The second kappa shape index (κ2) is 6.73. The van der Waals surface area contributed by atoms with Crippen LogP contribution in [-0.2, 0) is 0 Å². The first-order chi connectivity index (χ1) is 9.11. The molecule has 2 atom stereocenters. The van der Waals surface area contributed by atoms with Crippen LogP contribution in [0.25, 0.3) is 0 Å². The highest BCUT2D eigenvalue weighted by Gasteiger charge is 2.26. The van der Waals surface area contributed by atoms with Gasteiger partial charge in [-0.25, -0.2) is 0 Å². The third kappa shape index (κ3) is 3.71. The van der Waals surface area contributed by atoms with Gasteiger partial charge in [0.2, 0.25) is 0 Å². The third-order valence-electron chi connectivity index (χ3n) is 3.63. The number of aliphatic hydroxyl groups excluding tert-OH is 1. The van der Waals surface area contributed by atoms with Gasteiger partial charge in [-0.1, -0.05) is 24.4 Å². The van der Waals surface area contributed by atoms with Crippen LogP contribution in [0.4, 0.5) is 0 Å². The lowest BCUT2D eigenvalue weighted by atomic mass is 9.85. The van der Waals surface area contributed by atoms with Gasteiger partial charge in [-0.05, 0) is 47.0 Å². The van der Waals surface area contributed by atoms with Crippen LogP contribution in [0.1, 0.15) is 36.0 Å². The number of halogens is 2. The quantitative estimate of drug-likeness (QED) is 0.881. The molecule has 0 heterocycles. The standard InChI is InChI=1S/C14H17BrClNO2/c15-12-6-5-10(16)7-11(12)14(19)17-13-4-2-1-3-9(13)8-18/h5-7,9,13,18H,1-4,8H2,(H,17,19). The summed E-state index contributed by atoms with van der Waals surface area (Å²) < 4.78 is 0.728. The summed E-state index contributed by atoms with van der Waals surface area (Å²) in [7, 11) is 0. The minimum absolute atomic E-state index is 0.0529. The number of benzene rings is 1. The summed E-state index contributed by atoms with van der Waals surface area (Å²) in [6, 6.07) is 5.20. The van der Waals surface area contributed by atoms with E-state index < -0.39 is 0 Å². The van der Waals surface area contributed by atoms with Gasteiger partial charge in [0.05, 0.1) is 5.56 Å². The van der Waals surface area contributed by atoms with Crippen LogP contribution in [-0.4, -0.2) is 23.7 Å². The zero-order chi connectivity index (χ0) is 13.8. The van der Waals surface area contributed by atoms with Gasteiger partial charge in [0.25, 0.3) is 5.91 Å². The highest BCUT2D eigenvalue weighted by molar-refractivity contribution is 9.10. The average molecular weight is 347 g/mol. The number of carbonyl (C=O) groups excluding carboxylic acids is 1. The van der Waals surface area contributed by atoms with Gasteiger partial charge < -0.3 is 10.4 Å². The molecule has 1 aliphatic rings. The first-order valence-corrected chi connectivity index (χ1v) is 7.65. The molecule has 1 aromatic rings. The molecule has 5 heteroatoms. The molecule has 2 rings (SSSR count). The maximum absolute atomic E-state index is 12.3. The van der Waals surface area contributed by atoms with Gasteiger partial charge >= 0.3 is 0 Å². The smallest absolute Gasteiger partial charge is 0.252 e. The van der Waals surface area contributed by atoms with E-state index in [1.165, 1.54) is 0 Å². The highest BCUT2D eigenvalue weighted by atomic mass is 79.9. The number of hydrogen-bond acceptors (Lipinski definition) is 2. The molecule has 2 N–H and O–H groups in total. The third-order valence-corrected chi connectivity index (χ3v) is 4.56. The Morgan fingerprint density at radius 3 is 2.89 bits per heavy atom. The molecular weight excluding hydrogens is 330 g/mol. The SMILES string of the molecule is O=C(NC1CCCCC1CO)c1cc(Cl)ccc1Br. The van der Waals surface area contributed by atoms with E-state index in [9.17, 15) is 9.90 Å². The van der Waals surface area contributed by atoms with E-state index in [1.807, 2.05) is 0 Å². The Hall–Kier alpha value is -0.580. The van der Waals surface area contributed by atoms with E-state index in [0.717, 1.165) is 30.2 Å². The van der Waals surface area contributed by atoms with Crippen molar-refractivity contribution in [1.29, 1.82) is 0 Å². The maximum atomic E-state index is 12.3. The van der Waals surface area contributed by atoms with Crippen molar-refractivity contribution in [2.45, 2.75) is 31.7 Å². The van der Waals surface area contributed by atoms with Gasteiger partial charge in [-0.3, -0.25) is 4.79 Å². The first-order valence-electron chi connectivity index (χ1n) is 6.48. The Morgan fingerprint density at radius 2 is 2.16 bits per heavy atom. The fourth-order valence-electron chi connectivity index (χ4n) is 2.53. The molecule has 0 radical (unpaired) electrons. The van der Waals surface area contributed by atoms with Crippen LogP contribution in [0.15, 0.2) is 22.7 Å². The molecule has 1 saturated carbocycles. The van der Waals surface area contributed by atoms with Crippen LogP contribution in [0.3, 0.4) is 0 Å². The molecule has 3 nitrogen and oxygen atoms in total. The minimum Gasteiger partial charge on any atom is -0.396 e. The van der Waals surface area contributed by atoms with Gasteiger partial charge in [-0.2, -0.15) is 0 Å². The van der Waals surface area contributed by atoms with Crippen molar-refractivity contribution in [2.75, 3.05) is 6.61 Å². The number of rotatable bonds is 3. The monoisotopic (exact) mass is 345 g/mol. The van der Waals surface area contributed by atoms with E-state index in [1.54, 1.807) is 18.2 Å². The predicted molar refractivity (Wildman–Crippen MR) is 79.5 cm³/mol. The average Bonchev–Trinajstić information content (AvgIpc) is 2.42. The van der Waals surface area contributed by atoms with Gasteiger partial charge in [0.1, 0.15) is 0 Å². The van der Waals surface area contributed by atoms with Crippen molar-refractivity contribution in [3.05, 3.63) is 33.3 Å². The van der Waals surface area contributed by atoms with Crippen LogP contribution in [0, 0.1) is 5.92 Å². The first kappa shape index (κ1) is 14.8. The summed E-state index contributed by atoms with van der Waals surface area (Å²) in [5, 5.41) is 12.9. The molecule has 0 bridgehead atoms. The topological polar surface area (TPSA) is 49.3 Å². The molecule has 19 heavy (non-hydrogen) atoms. The van der Waals surface area contributed by atoms with Crippen molar-refractivity contribution < 1.29 is 9.90 Å². The Labute approximate surface area is 126 Å². The minimum atomic E-state index is -0.139. The van der Waals surface area contributed by atoms with Crippen molar-refractivity contribution in [1.82, 2.24) is 5.32 Å². The molecular formula is C14H17BrClNO2. The van der Waals surface area contributed by atoms with E-state index in [2.05, 4.69) is 21.2 Å². The Morgan fingerprint density at radius 1 is 1.42 bits per heavy atom. The molecule has 0 saturated heterocycles. The van der Waals surface area contributed by atoms with Crippen molar-refractivity contribution in [3.63, 3.8) is 0 Å². The lowest BCUT2D eigenvalue weighted by Gasteiger charge is -2.31. The van der Waals surface area contributed by atoms with E-state index in [-0.39, 0.29) is 24.5 Å². The van der Waals surface area contributed by atoms with E-state index in [0.29, 0.717) is 10.6 Å². The predicted octanol–water partition coefficient (Wildman–Crippen LogP) is 3.38. The molecule has 1 aliphatic carbocycles. The zero-order valence-corrected chi connectivity index (χ0v) is 12.9. The summed E-state index contributed by atoms with van der Waals surface area (Å²) in [6.45, 7) is 0.127. The van der Waals surface area contributed by atoms with E-state index >= 15 is 0 Å². The number of aliphatic hydroxyl groups is 1. The van der Waals surface area contributed by atoms with Crippen molar-refractivity contribution in [2.24, 2.45) is 5.92 Å². The second-order valence-electron chi connectivity index (χ2n) is 4.93. The molecule has 104 valence electrons. The van der Waals surface area contributed by atoms with Crippen LogP contribution >= 0.6 is 27.5 Å². The molecule has 1 fully saturated rings. The fourth-order valence-corrected chi connectivity index (χ4v) is 3.13. The largest absolute Gasteiger partial charge is 0.396 e. The fraction of sp³-hybridized carbons (Fsp3) is 0.500. The van der Waals surface area contributed by atoms with Crippen LogP contribution in [0.5, 0.6) is 0 Å². The number of nitrogens with one attached hydrogen (secondary N) is 1. The zero-order valence-electron chi connectivity index (χ0n) is 10.5. The lowest BCUT2D eigenvalue weighted by Crippen LogP contribution is -2.43. The van der Waals surface area contributed by atoms with Crippen LogP contribution in [0.2, 0.25) is 5.02 Å². The summed E-state index contributed by atoms with van der Waals surface area (Å²) in [5.74, 6) is 0.0235. The molecule has 0 aromatic heterocycles. The molecule has 2 unspecified atom stereocenters. The lowest BCUT2D eigenvalue weighted by molar-refractivity contribution is 0.0872. The summed E-state index contributed by atoms with van der Waals surface area (Å²) in [6.07, 6.45) is 4.12. The molecule has 1 amide bonds. The summed E-state index contributed by atoms with van der Waals surface area (Å²) in [5.41, 5.74) is 0.537. The Balaban J connectivity index is 2.09. The van der Waals surface area contributed by atoms with Gasteiger partial charge in [0, 0.05) is 28.1 Å².